The fourth-order valence-electron chi connectivity index (χ4n) is 6.30. The Labute approximate surface area is 184 Å². The van der Waals surface area contributed by atoms with Gasteiger partial charge in [-0.05, 0) is 87.3 Å². The first-order valence-corrected chi connectivity index (χ1v) is 11.8. The summed E-state index contributed by atoms with van der Waals surface area (Å²) in [7, 11) is 0. The van der Waals surface area contributed by atoms with Crippen molar-refractivity contribution in [1.82, 2.24) is 10.6 Å². The van der Waals surface area contributed by atoms with E-state index in [0.29, 0.717) is 38.1 Å². The Morgan fingerprint density at radius 2 is 1.58 bits per heavy atom. The van der Waals surface area contributed by atoms with Crippen molar-refractivity contribution in [2.45, 2.75) is 64.8 Å². The van der Waals surface area contributed by atoms with E-state index in [1.54, 1.807) is 19.1 Å². The molecule has 0 aromatic heterocycles. The second-order valence-corrected chi connectivity index (χ2v) is 9.74. The van der Waals surface area contributed by atoms with Crippen molar-refractivity contribution in [2.24, 2.45) is 23.2 Å². The maximum atomic E-state index is 13.1. The molecule has 1 aromatic carbocycles. The maximum Gasteiger partial charge on any atom is 0.305 e. The van der Waals surface area contributed by atoms with E-state index in [1.165, 1.54) is 19.3 Å². The standard InChI is InChI=1S/C25H34N2O4/c1-2-31-22(28)4-3-9-26-23(29)21-7-5-17(6-8-21)16-27-24(30)25-13-18-10-19(14-25)12-20(11-18)15-25/h5-8,18-20H,2-4,9-16H2,1H3,(H,26,29)(H,27,30). The van der Waals surface area contributed by atoms with Crippen molar-refractivity contribution in [3.05, 3.63) is 35.4 Å². The van der Waals surface area contributed by atoms with Gasteiger partial charge in [-0.25, -0.2) is 0 Å². The number of nitrogens with one attached hydrogen (secondary N) is 2. The lowest BCUT2D eigenvalue weighted by molar-refractivity contribution is -0.146. The molecular formula is C25H34N2O4. The van der Waals surface area contributed by atoms with Crippen LogP contribution in [-0.4, -0.2) is 30.9 Å². The molecule has 0 heterocycles. The average Bonchev–Trinajstić information content (AvgIpc) is 2.74. The minimum Gasteiger partial charge on any atom is -0.466 e. The Balaban J connectivity index is 1.22. The van der Waals surface area contributed by atoms with E-state index >= 15 is 0 Å². The Kier molecular flexibility index (Phi) is 6.63. The Morgan fingerprint density at radius 1 is 0.968 bits per heavy atom. The van der Waals surface area contributed by atoms with Crippen molar-refractivity contribution in [3.8, 4) is 0 Å². The molecule has 0 spiro atoms. The van der Waals surface area contributed by atoms with Gasteiger partial charge >= 0.3 is 5.97 Å². The summed E-state index contributed by atoms with van der Waals surface area (Å²) in [6, 6.07) is 7.36. The normalized spacial score (nSPS) is 28.2. The van der Waals surface area contributed by atoms with Gasteiger partial charge in [0.1, 0.15) is 0 Å². The maximum absolute atomic E-state index is 13.1. The van der Waals surface area contributed by atoms with Crippen LogP contribution in [0.15, 0.2) is 24.3 Å². The first-order chi connectivity index (χ1) is 15.0. The van der Waals surface area contributed by atoms with E-state index in [0.717, 1.165) is 42.6 Å². The first kappa shape index (κ1) is 21.8. The third kappa shape index (κ3) is 5.10. The molecule has 5 rings (SSSR count). The van der Waals surface area contributed by atoms with Crippen molar-refractivity contribution in [2.75, 3.05) is 13.2 Å². The molecule has 31 heavy (non-hydrogen) atoms. The molecule has 4 fully saturated rings. The van der Waals surface area contributed by atoms with Crippen molar-refractivity contribution >= 4 is 17.8 Å². The second-order valence-electron chi connectivity index (χ2n) is 9.74. The Morgan fingerprint density at radius 3 is 2.16 bits per heavy atom. The quantitative estimate of drug-likeness (QED) is 0.467. The van der Waals surface area contributed by atoms with Crippen LogP contribution in [0.25, 0.3) is 0 Å². The molecule has 168 valence electrons. The zero-order chi connectivity index (χ0) is 21.8. The van der Waals surface area contributed by atoms with Gasteiger partial charge in [0.15, 0.2) is 0 Å². The van der Waals surface area contributed by atoms with Crippen LogP contribution in [0.4, 0.5) is 0 Å². The van der Waals surface area contributed by atoms with E-state index in [2.05, 4.69) is 10.6 Å². The molecule has 1 aromatic rings. The highest BCUT2D eigenvalue weighted by Gasteiger charge is 2.54. The first-order valence-electron chi connectivity index (χ1n) is 11.8. The van der Waals surface area contributed by atoms with Crippen molar-refractivity contribution in [3.63, 3.8) is 0 Å². The van der Waals surface area contributed by atoms with Gasteiger partial charge in [0.2, 0.25) is 5.91 Å². The van der Waals surface area contributed by atoms with Crippen LogP contribution in [0.5, 0.6) is 0 Å². The SMILES string of the molecule is CCOC(=O)CCCNC(=O)c1ccc(CNC(=O)C23CC4CC(CC(C4)C2)C3)cc1. The molecule has 0 unspecified atom stereocenters. The van der Waals surface area contributed by atoms with E-state index < -0.39 is 0 Å². The zero-order valence-electron chi connectivity index (χ0n) is 18.5. The van der Waals surface area contributed by atoms with E-state index in [4.69, 9.17) is 4.74 Å². The lowest BCUT2D eigenvalue weighted by Gasteiger charge is -2.55. The minimum absolute atomic E-state index is 0.127. The molecule has 6 nitrogen and oxygen atoms in total. The summed E-state index contributed by atoms with van der Waals surface area (Å²) in [6.07, 6.45) is 8.06. The number of carbonyl (C=O) groups is 3. The lowest BCUT2D eigenvalue weighted by Crippen LogP contribution is -2.53. The predicted octanol–water partition coefficient (Wildman–Crippen LogP) is 3.59. The molecule has 0 aliphatic heterocycles. The molecule has 4 bridgehead atoms. The fraction of sp³-hybridized carbons (Fsp3) is 0.640. The number of hydrogen-bond acceptors (Lipinski definition) is 4. The molecule has 0 atom stereocenters. The highest BCUT2D eigenvalue weighted by atomic mass is 16.5. The molecule has 4 aliphatic carbocycles. The van der Waals surface area contributed by atoms with Gasteiger partial charge in [0.05, 0.1) is 6.61 Å². The van der Waals surface area contributed by atoms with E-state index in [-0.39, 0.29) is 23.2 Å². The summed E-state index contributed by atoms with van der Waals surface area (Å²) in [5, 5.41) is 6.01. The van der Waals surface area contributed by atoms with Crippen LogP contribution < -0.4 is 10.6 Å². The van der Waals surface area contributed by atoms with Gasteiger partial charge in [-0.15, -0.1) is 0 Å². The monoisotopic (exact) mass is 426 g/mol. The number of benzene rings is 1. The lowest BCUT2D eigenvalue weighted by atomic mass is 9.49. The summed E-state index contributed by atoms with van der Waals surface area (Å²) in [5.74, 6) is 2.10. The van der Waals surface area contributed by atoms with E-state index in [1.807, 2.05) is 12.1 Å². The number of amides is 2. The summed E-state index contributed by atoms with van der Waals surface area (Å²) in [5.41, 5.74) is 1.45. The topological polar surface area (TPSA) is 84.5 Å². The molecule has 4 aliphatic rings. The van der Waals surface area contributed by atoms with Crippen LogP contribution in [0, 0.1) is 23.2 Å². The minimum atomic E-state index is -0.239. The van der Waals surface area contributed by atoms with Crippen LogP contribution >= 0.6 is 0 Å². The van der Waals surface area contributed by atoms with Crippen LogP contribution in [0.3, 0.4) is 0 Å². The summed E-state index contributed by atoms with van der Waals surface area (Å²) >= 11 is 0. The van der Waals surface area contributed by atoms with Crippen LogP contribution in [0.1, 0.15) is 74.2 Å². The Bertz CT molecular complexity index is 782. The molecule has 4 saturated carbocycles. The third-order valence-corrected chi connectivity index (χ3v) is 7.34. The summed E-state index contributed by atoms with van der Waals surface area (Å²) in [6.45, 7) is 3.08. The molecule has 0 radical (unpaired) electrons. The van der Waals surface area contributed by atoms with Crippen molar-refractivity contribution < 1.29 is 19.1 Å². The summed E-state index contributed by atoms with van der Waals surface area (Å²) in [4.78, 5) is 36.6. The van der Waals surface area contributed by atoms with Crippen molar-refractivity contribution in [1.29, 1.82) is 0 Å². The molecule has 6 heteroatoms. The number of esters is 1. The molecule has 2 N–H and O–H groups in total. The molecule has 0 saturated heterocycles. The largest absolute Gasteiger partial charge is 0.466 e. The molecular weight excluding hydrogens is 392 g/mol. The number of rotatable bonds is 9. The summed E-state index contributed by atoms with van der Waals surface area (Å²) < 4.78 is 4.87. The van der Waals surface area contributed by atoms with Gasteiger partial charge < -0.3 is 15.4 Å². The fourth-order valence-corrected chi connectivity index (χ4v) is 6.30. The van der Waals surface area contributed by atoms with Crippen LogP contribution in [-0.2, 0) is 20.9 Å². The zero-order valence-corrected chi connectivity index (χ0v) is 18.5. The molecule has 2 amide bonds. The second kappa shape index (κ2) is 9.41. The van der Waals surface area contributed by atoms with Gasteiger partial charge in [0, 0.05) is 30.5 Å². The smallest absolute Gasteiger partial charge is 0.305 e. The van der Waals surface area contributed by atoms with Gasteiger partial charge in [-0.3, -0.25) is 14.4 Å². The Hall–Kier alpha value is -2.37. The van der Waals surface area contributed by atoms with Gasteiger partial charge in [-0.1, -0.05) is 12.1 Å². The van der Waals surface area contributed by atoms with E-state index in [9.17, 15) is 14.4 Å². The van der Waals surface area contributed by atoms with Gasteiger partial charge in [0.25, 0.3) is 5.91 Å². The third-order valence-electron chi connectivity index (χ3n) is 7.34. The highest BCUT2D eigenvalue weighted by Crippen LogP contribution is 2.60. The van der Waals surface area contributed by atoms with Crippen LogP contribution in [0.2, 0.25) is 0 Å². The number of ether oxygens (including phenoxy) is 1. The highest BCUT2D eigenvalue weighted by molar-refractivity contribution is 5.94. The number of hydrogen-bond donors (Lipinski definition) is 2. The average molecular weight is 427 g/mol. The predicted molar refractivity (Wildman–Crippen MR) is 117 cm³/mol. The van der Waals surface area contributed by atoms with Gasteiger partial charge in [-0.2, -0.15) is 0 Å². The number of carbonyl (C=O) groups excluding carboxylic acids is 3.